The molecule has 102 valence electrons. The molecular formula is C13H22N2O2S. The van der Waals surface area contributed by atoms with Gasteiger partial charge in [0.25, 0.3) is 0 Å². The molecule has 0 aromatic rings. The zero-order valence-corrected chi connectivity index (χ0v) is 11.5. The second-order valence-electron chi connectivity index (χ2n) is 5.64. The number of thioether (sulfide) groups is 1. The average Bonchev–Trinajstić information content (AvgIpc) is 2.84. The van der Waals surface area contributed by atoms with Gasteiger partial charge in [0.05, 0.1) is 12.1 Å². The molecule has 0 aromatic carbocycles. The summed E-state index contributed by atoms with van der Waals surface area (Å²) in [7, 11) is 0. The maximum Gasteiger partial charge on any atom is 0.240 e. The maximum absolute atomic E-state index is 12.5. The van der Waals surface area contributed by atoms with Gasteiger partial charge in [-0.15, -0.1) is 0 Å². The second-order valence-corrected chi connectivity index (χ2v) is 6.99. The number of carbonyl (C=O) groups is 1. The van der Waals surface area contributed by atoms with Crippen LogP contribution < -0.4 is 5.32 Å². The van der Waals surface area contributed by atoms with Gasteiger partial charge in [-0.1, -0.05) is 12.8 Å². The lowest BCUT2D eigenvalue weighted by atomic mass is 9.92. The summed E-state index contributed by atoms with van der Waals surface area (Å²) in [5.74, 6) is 1.30. The summed E-state index contributed by atoms with van der Waals surface area (Å²) >= 11 is 2.05. The monoisotopic (exact) mass is 270 g/mol. The van der Waals surface area contributed by atoms with Crippen LogP contribution in [0.5, 0.6) is 0 Å². The number of nitrogens with zero attached hydrogens (tertiary/aromatic N) is 1. The van der Waals surface area contributed by atoms with Crippen molar-refractivity contribution in [3.8, 4) is 0 Å². The van der Waals surface area contributed by atoms with Gasteiger partial charge >= 0.3 is 0 Å². The molecule has 3 rings (SSSR count). The molecule has 18 heavy (non-hydrogen) atoms. The van der Waals surface area contributed by atoms with Crippen molar-refractivity contribution in [3.63, 3.8) is 0 Å². The number of fused-ring (bicyclic) bond motifs is 1. The first-order valence-corrected chi connectivity index (χ1v) is 8.14. The van der Waals surface area contributed by atoms with E-state index in [0.717, 1.165) is 12.3 Å². The Bertz CT molecular complexity index is 324. The summed E-state index contributed by atoms with van der Waals surface area (Å²) in [6, 6.07) is 0.301. The number of carbonyl (C=O) groups excluding carboxylic acids is 1. The fraction of sp³-hybridized carbons (Fsp3) is 0.923. The maximum atomic E-state index is 12.5. The quantitative estimate of drug-likeness (QED) is 0.732. The Balaban J connectivity index is 1.68. The summed E-state index contributed by atoms with van der Waals surface area (Å²) in [5.41, 5.74) is 0. The third-order valence-electron chi connectivity index (χ3n) is 4.42. The number of aliphatic hydroxyl groups excluding tert-OH is 1. The Hall–Kier alpha value is -0.260. The van der Waals surface area contributed by atoms with E-state index in [1.54, 1.807) is 0 Å². The molecule has 4 unspecified atom stereocenters. The highest BCUT2D eigenvalue weighted by atomic mass is 32.2. The first-order valence-electron chi connectivity index (χ1n) is 7.09. The lowest BCUT2D eigenvalue weighted by Gasteiger charge is -2.44. The molecule has 2 N–H and O–H groups in total. The minimum Gasteiger partial charge on any atom is -0.392 e. The molecule has 0 bridgehead atoms. The number of nitrogens with one attached hydrogen (secondary N) is 1. The third-order valence-corrected chi connectivity index (χ3v) is 5.82. The van der Waals surface area contributed by atoms with E-state index in [-0.39, 0.29) is 18.1 Å². The van der Waals surface area contributed by atoms with Gasteiger partial charge in [0.2, 0.25) is 5.91 Å². The predicted molar refractivity (Wildman–Crippen MR) is 72.6 cm³/mol. The van der Waals surface area contributed by atoms with E-state index in [4.69, 9.17) is 0 Å². The molecule has 1 aliphatic carbocycles. The molecule has 2 saturated heterocycles. The van der Waals surface area contributed by atoms with Gasteiger partial charge in [-0.2, -0.15) is 11.8 Å². The lowest BCUT2D eigenvalue weighted by molar-refractivity contribution is -0.136. The summed E-state index contributed by atoms with van der Waals surface area (Å²) in [6.45, 7) is 1.45. The van der Waals surface area contributed by atoms with Gasteiger partial charge in [-0.3, -0.25) is 4.79 Å². The predicted octanol–water partition coefficient (Wildman–Crippen LogP) is 0.596. The van der Waals surface area contributed by atoms with Crippen LogP contribution in [0.1, 0.15) is 32.1 Å². The Morgan fingerprint density at radius 2 is 2.17 bits per heavy atom. The molecule has 2 heterocycles. The van der Waals surface area contributed by atoms with E-state index in [9.17, 15) is 9.90 Å². The van der Waals surface area contributed by atoms with Crippen molar-refractivity contribution in [1.82, 2.24) is 10.2 Å². The average molecular weight is 270 g/mol. The molecule has 0 aromatic heterocycles. The Morgan fingerprint density at radius 1 is 1.33 bits per heavy atom. The normalized spacial score (nSPS) is 40.6. The van der Waals surface area contributed by atoms with Crippen molar-refractivity contribution in [2.75, 3.05) is 18.8 Å². The van der Waals surface area contributed by atoms with Crippen molar-refractivity contribution >= 4 is 17.7 Å². The SMILES string of the molecule is O=C(C1CC(O)CN1)N1CCSC2CCCCC21. The van der Waals surface area contributed by atoms with Crippen LogP contribution in [0.2, 0.25) is 0 Å². The second kappa shape index (κ2) is 5.39. The van der Waals surface area contributed by atoms with Crippen LogP contribution in [-0.2, 0) is 4.79 Å². The van der Waals surface area contributed by atoms with Gasteiger partial charge in [-0.25, -0.2) is 0 Å². The number of hydrogen-bond acceptors (Lipinski definition) is 4. The number of β-amino-alcohol motifs (C(OH)–C–C–N with tert-alkyl or cyclic N) is 1. The molecule has 5 heteroatoms. The number of hydrogen-bond donors (Lipinski definition) is 2. The lowest BCUT2D eigenvalue weighted by Crippen LogP contribution is -2.55. The number of aliphatic hydroxyl groups is 1. The van der Waals surface area contributed by atoms with Crippen molar-refractivity contribution < 1.29 is 9.90 Å². The van der Waals surface area contributed by atoms with Crippen LogP contribution in [0.3, 0.4) is 0 Å². The largest absolute Gasteiger partial charge is 0.392 e. The Labute approximate surface area is 112 Å². The molecular weight excluding hydrogens is 248 g/mol. The van der Waals surface area contributed by atoms with E-state index in [0.29, 0.717) is 24.3 Å². The summed E-state index contributed by atoms with van der Waals surface area (Å²) in [4.78, 5) is 14.7. The zero-order valence-electron chi connectivity index (χ0n) is 10.7. The van der Waals surface area contributed by atoms with Crippen molar-refractivity contribution in [2.24, 2.45) is 0 Å². The summed E-state index contributed by atoms with van der Waals surface area (Å²) in [6.07, 6.45) is 5.24. The highest BCUT2D eigenvalue weighted by molar-refractivity contribution is 8.00. The Morgan fingerprint density at radius 3 is 2.94 bits per heavy atom. The van der Waals surface area contributed by atoms with E-state index < -0.39 is 0 Å². The van der Waals surface area contributed by atoms with E-state index in [1.807, 2.05) is 11.8 Å². The van der Waals surface area contributed by atoms with Crippen LogP contribution in [0, 0.1) is 0 Å². The first-order chi connectivity index (χ1) is 8.75. The fourth-order valence-corrected chi connectivity index (χ4v) is 4.92. The number of amides is 1. The molecule has 2 aliphatic heterocycles. The van der Waals surface area contributed by atoms with Gasteiger partial charge in [0.1, 0.15) is 0 Å². The third kappa shape index (κ3) is 2.40. The van der Waals surface area contributed by atoms with Gasteiger partial charge in [0, 0.05) is 30.1 Å². The van der Waals surface area contributed by atoms with Gasteiger partial charge < -0.3 is 15.3 Å². The minimum atomic E-state index is -0.347. The van der Waals surface area contributed by atoms with E-state index in [2.05, 4.69) is 10.2 Å². The van der Waals surface area contributed by atoms with Crippen LogP contribution >= 0.6 is 11.8 Å². The first kappa shape index (κ1) is 12.8. The van der Waals surface area contributed by atoms with Crippen LogP contribution in [0.15, 0.2) is 0 Å². The minimum absolute atomic E-state index is 0.148. The highest BCUT2D eigenvalue weighted by Gasteiger charge is 2.40. The van der Waals surface area contributed by atoms with Gasteiger partial charge in [-0.05, 0) is 19.3 Å². The molecule has 4 atom stereocenters. The molecule has 4 nitrogen and oxygen atoms in total. The molecule has 1 amide bonds. The van der Waals surface area contributed by atoms with Crippen LogP contribution in [0.4, 0.5) is 0 Å². The zero-order chi connectivity index (χ0) is 12.5. The molecule has 0 radical (unpaired) electrons. The van der Waals surface area contributed by atoms with Crippen molar-refractivity contribution in [3.05, 3.63) is 0 Å². The van der Waals surface area contributed by atoms with Crippen LogP contribution in [0.25, 0.3) is 0 Å². The standard InChI is InChI=1S/C13H22N2O2S/c16-9-7-10(14-8-9)13(17)15-5-6-18-12-4-2-1-3-11(12)15/h9-12,14,16H,1-8H2. The topological polar surface area (TPSA) is 52.6 Å². The van der Waals surface area contributed by atoms with E-state index in [1.165, 1.54) is 25.7 Å². The summed E-state index contributed by atoms with van der Waals surface area (Å²) < 4.78 is 0. The molecule has 0 spiro atoms. The van der Waals surface area contributed by atoms with Gasteiger partial charge in [0.15, 0.2) is 0 Å². The smallest absolute Gasteiger partial charge is 0.240 e. The fourth-order valence-electron chi connectivity index (χ4n) is 3.48. The highest BCUT2D eigenvalue weighted by Crippen LogP contribution is 2.36. The van der Waals surface area contributed by atoms with E-state index >= 15 is 0 Å². The number of rotatable bonds is 1. The van der Waals surface area contributed by atoms with Crippen molar-refractivity contribution in [2.45, 2.75) is 55.5 Å². The molecule has 3 fully saturated rings. The Kier molecular flexibility index (Phi) is 3.82. The van der Waals surface area contributed by atoms with Crippen LogP contribution in [-0.4, -0.2) is 58.2 Å². The molecule has 3 aliphatic rings. The molecule has 1 saturated carbocycles. The summed E-state index contributed by atoms with van der Waals surface area (Å²) in [5, 5.41) is 13.3. The van der Waals surface area contributed by atoms with Crippen molar-refractivity contribution in [1.29, 1.82) is 0 Å².